The van der Waals surface area contributed by atoms with Crippen LogP contribution in [0.5, 0.6) is 0 Å². The maximum Gasteiger partial charge on any atom is 0.260 e. The highest BCUT2D eigenvalue weighted by atomic mass is 16.2. The molecule has 1 unspecified atom stereocenters. The molecule has 1 aliphatic rings. The van der Waals surface area contributed by atoms with E-state index in [1.807, 2.05) is 25.1 Å². The molecule has 102 valence electrons. The average Bonchev–Trinajstić information content (AvgIpc) is 2.39. The van der Waals surface area contributed by atoms with Crippen LogP contribution in [0.2, 0.25) is 0 Å². The standard InChI is InChI=1S/C15H20N2O2/c1-3-16-11(2)8-9-17-14(18)10-12-6-4-5-7-13(12)15(17)19/h4-7,11,16H,3,8-10H2,1-2H3. The lowest BCUT2D eigenvalue weighted by Gasteiger charge is -2.27. The Hall–Kier alpha value is -1.68. The molecular formula is C15H20N2O2. The number of nitrogens with one attached hydrogen (secondary N) is 1. The molecule has 0 aliphatic carbocycles. The molecule has 0 aromatic heterocycles. The van der Waals surface area contributed by atoms with Gasteiger partial charge in [-0.1, -0.05) is 25.1 Å². The summed E-state index contributed by atoms with van der Waals surface area (Å²) in [5.74, 6) is -0.247. The lowest BCUT2D eigenvalue weighted by Crippen LogP contribution is -2.44. The van der Waals surface area contributed by atoms with E-state index < -0.39 is 0 Å². The van der Waals surface area contributed by atoms with Gasteiger partial charge in [0, 0.05) is 18.2 Å². The Kier molecular flexibility index (Phi) is 4.32. The zero-order valence-corrected chi connectivity index (χ0v) is 11.5. The molecule has 19 heavy (non-hydrogen) atoms. The van der Waals surface area contributed by atoms with Crippen LogP contribution in [0.3, 0.4) is 0 Å². The molecule has 4 nitrogen and oxygen atoms in total. The fourth-order valence-corrected chi connectivity index (χ4v) is 2.40. The van der Waals surface area contributed by atoms with Crippen molar-refractivity contribution in [2.24, 2.45) is 0 Å². The van der Waals surface area contributed by atoms with Crippen molar-refractivity contribution in [1.29, 1.82) is 0 Å². The van der Waals surface area contributed by atoms with Crippen molar-refractivity contribution in [3.05, 3.63) is 35.4 Å². The fourth-order valence-electron chi connectivity index (χ4n) is 2.40. The Balaban J connectivity index is 2.07. The van der Waals surface area contributed by atoms with Crippen LogP contribution in [0.25, 0.3) is 0 Å². The van der Waals surface area contributed by atoms with Crippen LogP contribution in [0, 0.1) is 0 Å². The molecule has 0 bridgehead atoms. The van der Waals surface area contributed by atoms with Crippen LogP contribution in [0.4, 0.5) is 0 Å². The number of benzene rings is 1. The third-order valence-corrected chi connectivity index (χ3v) is 3.47. The number of carbonyl (C=O) groups excluding carboxylic acids is 2. The number of fused-ring (bicyclic) bond motifs is 1. The molecule has 0 saturated heterocycles. The van der Waals surface area contributed by atoms with E-state index in [1.54, 1.807) is 6.07 Å². The molecule has 4 heteroatoms. The van der Waals surface area contributed by atoms with Gasteiger partial charge in [0.25, 0.3) is 5.91 Å². The van der Waals surface area contributed by atoms with E-state index in [-0.39, 0.29) is 11.8 Å². The second-order valence-electron chi connectivity index (χ2n) is 4.93. The van der Waals surface area contributed by atoms with Gasteiger partial charge in [-0.15, -0.1) is 0 Å². The number of imide groups is 1. The third-order valence-electron chi connectivity index (χ3n) is 3.47. The molecule has 1 atom stereocenters. The van der Waals surface area contributed by atoms with E-state index in [9.17, 15) is 9.59 Å². The van der Waals surface area contributed by atoms with E-state index in [2.05, 4.69) is 12.2 Å². The van der Waals surface area contributed by atoms with Crippen molar-refractivity contribution >= 4 is 11.8 Å². The molecule has 1 heterocycles. The minimum Gasteiger partial charge on any atom is -0.314 e. The van der Waals surface area contributed by atoms with Crippen molar-refractivity contribution in [1.82, 2.24) is 10.2 Å². The van der Waals surface area contributed by atoms with E-state index in [0.29, 0.717) is 24.6 Å². The fraction of sp³-hybridized carbons (Fsp3) is 0.467. The van der Waals surface area contributed by atoms with Crippen molar-refractivity contribution in [3.63, 3.8) is 0 Å². The zero-order chi connectivity index (χ0) is 13.8. The SMILES string of the molecule is CCNC(C)CCN1C(=O)Cc2ccccc2C1=O. The Morgan fingerprint density at radius 1 is 1.32 bits per heavy atom. The van der Waals surface area contributed by atoms with Crippen molar-refractivity contribution < 1.29 is 9.59 Å². The second kappa shape index (κ2) is 5.97. The summed E-state index contributed by atoms with van der Waals surface area (Å²) in [4.78, 5) is 25.7. The van der Waals surface area contributed by atoms with Crippen LogP contribution < -0.4 is 5.32 Å². The van der Waals surface area contributed by atoms with Gasteiger partial charge in [0.15, 0.2) is 0 Å². The highest BCUT2D eigenvalue weighted by Crippen LogP contribution is 2.19. The zero-order valence-electron chi connectivity index (χ0n) is 11.5. The quantitative estimate of drug-likeness (QED) is 0.818. The summed E-state index contributed by atoms with van der Waals surface area (Å²) < 4.78 is 0. The van der Waals surface area contributed by atoms with Crippen molar-refractivity contribution in [2.45, 2.75) is 32.7 Å². The third kappa shape index (κ3) is 3.01. The topological polar surface area (TPSA) is 49.4 Å². The van der Waals surface area contributed by atoms with Crippen molar-refractivity contribution in [3.8, 4) is 0 Å². The number of nitrogens with zero attached hydrogens (tertiary/aromatic N) is 1. The Morgan fingerprint density at radius 2 is 2.05 bits per heavy atom. The van der Waals surface area contributed by atoms with Gasteiger partial charge in [0.05, 0.1) is 6.42 Å². The lowest BCUT2D eigenvalue weighted by molar-refractivity contribution is -0.128. The molecule has 2 amide bonds. The van der Waals surface area contributed by atoms with Gasteiger partial charge in [0.2, 0.25) is 5.91 Å². The minimum absolute atomic E-state index is 0.0904. The van der Waals surface area contributed by atoms with Gasteiger partial charge in [-0.05, 0) is 31.5 Å². The second-order valence-corrected chi connectivity index (χ2v) is 4.93. The summed E-state index contributed by atoms with van der Waals surface area (Å²) in [5, 5.41) is 3.28. The Morgan fingerprint density at radius 3 is 2.79 bits per heavy atom. The average molecular weight is 260 g/mol. The molecule has 0 saturated carbocycles. The molecular weight excluding hydrogens is 240 g/mol. The number of amides is 2. The van der Waals surface area contributed by atoms with Gasteiger partial charge in [-0.25, -0.2) is 0 Å². The highest BCUT2D eigenvalue weighted by molar-refractivity contribution is 6.09. The number of hydrogen-bond donors (Lipinski definition) is 1. The summed E-state index contributed by atoms with van der Waals surface area (Å²) >= 11 is 0. The Labute approximate surface area is 113 Å². The summed E-state index contributed by atoms with van der Waals surface area (Å²) in [7, 11) is 0. The van der Waals surface area contributed by atoms with E-state index in [1.165, 1.54) is 4.90 Å². The lowest BCUT2D eigenvalue weighted by atomic mass is 9.98. The first kappa shape index (κ1) is 13.7. The number of hydrogen-bond acceptors (Lipinski definition) is 3. The van der Waals surface area contributed by atoms with Crippen LogP contribution in [0.15, 0.2) is 24.3 Å². The van der Waals surface area contributed by atoms with Gasteiger partial charge < -0.3 is 5.32 Å². The molecule has 0 spiro atoms. The van der Waals surface area contributed by atoms with Crippen LogP contribution in [-0.2, 0) is 11.2 Å². The summed E-state index contributed by atoms with van der Waals surface area (Å²) in [6.07, 6.45) is 1.12. The van der Waals surface area contributed by atoms with Crippen LogP contribution in [0.1, 0.15) is 36.2 Å². The first-order valence-electron chi connectivity index (χ1n) is 6.79. The largest absolute Gasteiger partial charge is 0.314 e. The van der Waals surface area contributed by atoms with Gasteiger partial charge >= 0.3 is 0 Å². The van der Waals surface area contributed by atoms with E-state index in [0.717, 1.165) is 18.5 Å². The molecule has 1 aromatic rings. The molecule has 1 aromatic carbocycles. The van der Waals surface area contributed by atoms with Crippen LogP contribution >= 0.6 is 0 Å². The van der Waals surface area contributed by atoms with E-state index in [4.69, 9.17) is 0 Å². The molecule has 0 fully saturated rings. The predicted molar refractivity (Wildman–Crippen MR) is 73.9 cm³/mol. The predicted octanol–water partition coefficient (Wildman–Crippen LogP) is 1.60. The molecule has 1 aliphatic heterocycles. The number of carbonyl (C=O) groups is 2. The van der Waals surface area contributed by atoms with Gasteiger partial charge in [0.1, 0.15) is 0 Å². The van der Waals surface area contributed by atoms with Gasteiger partial charge in [-0.3, -0.25) is 14.5 Å². The summed E-state index contributed by atoms with van der Waals surface area (Å²) in [5.41, 5.74) is 1.51. The maximum atomic E-state index is 12.3. The summed E-state index contributed by atoms with van der Waals surface area (Å²) in [6.45, 7) is 5.49. The maximum absolute atomic E-state index is 12.3. The first-order valence-corrected chi connectivity index (χ1v) is 6.79. The molecule has 2 rings (SSSR count). The van der Waals surface area contributed by atoms with Crippen LogP contribution in [-0.4, -0.2) is 35.8 Å². The highest BCUT2D eigenvalue weighted by Gasteiger charge is 2.30. The van der Waals surface area contributed by atoms with E-state index >= 15 is 0 Å². The molecule has 1 N–H and O–H groups in total. The normalized spacial score (nSPS) is 16.4. The van der Waals surface area contributed by atoms with Gasteiger partial charge in [-0.2, -0.15) is 0 Å². The summed E-state index contributed by atoms with van der Waals surface area (Å²) in [6, 6.07) is 7.66. The smallest absolute Gasteiger partial charge is 0.260 e. The molecule has 0 radical (unpaired) electrons. The Bertz CT molecular complexity index is 485. The van der Waals surface area contributed by atoms with Crippen molar-refractivity contribution in [2.75, 3.05) is 13.1 Å². The first-order chi connectivity index (χ1) is 9.13. The monoisotopic (exact) mass is 260 g/mol. The minimum atomic E-state index is -0.157. The number of rotatable bonds is 5.